The van der Waals surface area contributed by atoms with Crippen molar-refractivity contribution in [2.24, 2.45) is 0 Å². The lowest BCUT2D eigenvalue weighted by Crippen LogP contribution is -2.24. The molecule has 0 spiro atoms. The number of carbonyl (C=O) groups is 1. The van der Waals surface area contributed by atoms with Gasteiger partial charge in [0.1, 0.15) is 0 Å². The number of sulfonamides is 1. The molecule has 0 saturated carbocycles. The second-order valence-electron chi connectivity index (χ2n) is 6.70. The molecular weight excluding hydrogens is 384 g/mol. The average Bonchev–Trinajstić information content (AvgIpc) is 2.72. The Hall–Kier alpha value is -2.96. The fourth-order valence-electron chi connectivity index (χ4n) is 3.17. The third-order valence-electron chi connectivity index (χ3n) is 4.60. The van der Waals surface area contributed by atoms with E-state index in [4.69, 9.17) is 0 Å². The van der Waals surface area contributed by atoms with E-state index in [2.05, 4.69) is 10.0 Å². The van der Waals surface area contributed by atoms with Crippen molar-refractivity contribution in [3.8, 4) is 0 Å². The molecule has 150 valence electrons. The van der Waals surface area contributed by atoms with E-state index < -0.39 is 10.0 Å². The fourth-order valence-corrected chi connectivity index (χ4v) is 4.21. The molecule has 0 aliphatic rings. The first-order valence-electron chi connectivity index (χ1n) is 9.46. The number of carbonyl (C=O) groups excluding carboxylic acids is 1. The Morgan fingerprint density at radius 2 is 1.69 bits per heavy atom. The van der Waals surface area contributed by atoms with Gasteiger partial charge in [0.2, 0.25) is 15.9 Å². The predicted molar refractivity (Wildman–Crippen MR) is 117 cm³/mol. The number of rotatable bonds is 7. The van der Waals surface area contributed by atoms with Gasteiger partial charge in [-0.05, 0) is 47.0 Å². The van der Waals surface area contributed by atoms with E-state index >= 15 is 0 Å². The van der Waals surface area contributed by atoms with E-state index in [9.17, 15) is 13.2 Å². The summed E-state index contributed by atoms with van der Waals surface area (Å²) in [5.74, 6) is -0.213. The second kappa shape index (κ2) is 9.03. The summed E-state index contributed by atoms with van der Waals surface area (Å²) in [7, 11) is -3.48. The molecule has 29 heavy (non-hydrogen) atoms. The number of hydrogen-bond donors (Lipinski definition) is 2. The molecule has 0 fully saturated rings. The van der Waals surface area contributed by atoms with Crippen LogP contribution in [0.15, 0.2) is 77.7 Å². The molecule has 0 saturated heterocycles. The van der Waals surface area contributed by atoms with Gasteiger partial charge in [0, 0.05) is 12.6 Å². The Morgan fingerprint density at radius 3 is 2.41 bits per heavy atom. The zero-order valence-corrected chi connectivity index (χ0v) is 17.2. The molecule has 1 amide bonds. The summed E-state index contributed by atoms with van der Waals surface area (Å²) in [6, 6.07) is 20.4. The first kappa shape index (κ1) is 20.8. The van der Waals surface area contributed by atoms with E-state index in [-0.39, 0.29) is 16.8 Å². The van der Waals surface area contributed by atoms with Crippen molar-refractivity contribution >= 4 is 32.8 Å². The summed E-state index contributed by atoms with van der Waals surface area (Å²) in [5.41, 5.74) is 1.80. The number of hydrogen-bond acceptors (Lipinski definition) is 3. The van der Waals surface area contributed by atoms with Crippen LogP contribution < -0.4 is 10.0 Å². The van der Waals surface area contributed by atoms with E-state index in [0.29, 0.717) is 6.54 Å². The van der Waals surface area contributed by atoms with E-state index in [1.165, 1.54) is 18.2 Å². The molecule has 3 rings (SSSR count). The van der Waals surface area contributed by atoms with Gasteiger partial charge in [-0.2, -0.15) is 0 Å². The fraction of sp³-hybridized carbons (Fsp3) is 0.174. The van der Waals surface area contributed by atoms with Crippen LogP contribution in [0.1, 0.15) is 31.0 Å². The molecule has 0 heterocycles. The van der Waals surface area contributed by atoms with Gasteiger partial charge < -0.3 is 5.32 Å². The molecule has 0 aromatic heterocycles. The zero-order valence-electron chi connectivity index (χ0n) is 16.4. The van der Waals surface area contributed by atoms with Gasteiger partial charge >= 0.3 is 0 Å². The van der Waals surface area contributed by atoms with Crippen molar-refractivity contribution in [3.05, 3.63) is 83.9 Å². The number of fused-ring (bicyclic) bond motifs is 1. The molecule has 5 nitrogen and oxygen atoms in total. The highest BCUT2D eigenvalue weighted by Crippen LogP contribution is 2.24. The lowest BCUT2D eigenvalue weighted by molar-refractivity contribution is -0.117. The number of nitrogens with one attached hydrogen (secondary N) is 2. The van der Waals surface area contributed by atoms with Gasteiger partial charge in [0.05, 0.1) is 10.9 Å². The lowest BCUT2D eigenvalue weighted by atomic mass is 10.00. The van der Waals surface area contributed by atoms with E-state index in [1.807, 2.05) is 49.4 Å². The van der Waals surface area contributed by atoms with Crippen LogP contribution in [0.2, 0.25) is 0 Å². The highest BCUT2D eigenvalue weighted by molar-refractivity contribution is 7.89. The summed E-state index contributed by atoms with van der Waals surface area (Å²) < 4.78 is 26.4. The SMILES string of the molecule is CCNS(=O)(=O)c1ccc(/C=C/C(=O)NC(C)c2cccc3ccccc23)cc1. The molecule has 3 aromatic carbocycles. The van der Waals surface area contributed by atoms with E-state index in [1.54, 1.807) is 25.1 Å². The largest absolute Gasteiger partial charge is 0.346 e. The Bertz CT molecular complexity index is 1130. The van der Waals surface area contributed by atoms with Crippen molar-refractivity contribution in [2.45, 2.75) is 24.8 Å². The Kier molecular flexibility index (Phi) is 6.46. The van der Waals surface area contributed by atoms with Crippen molar-refractivity contribution in [3.63, 3.8) is 0 Å². The topological polar surface area (TPSA) is 75.3 Å². The molecule has 1 unspecified atom stereocenters. The highest BCUT2D eigenvalue weighted by atomic mass is 32.2. The number of benzene rings is 3. The average molecular weight is 409 g/mol. The maximum atomic E-state index is 12.3. The van der Waals surface area contributed by atoms with Gasteiger partial charge in [0.15, 0.2) is 0 Å². The summed E-state index contributed by atoms with van der Waals surface area (Å²) in [6.07, 6.45) is 3.12. The Balaban J connectivity index is 1.68. The minimum Gasteiger partial charge on any atom is -0.346 e. The second-order valence-corrected chi connectivity index (χ2v) is 8.47. The zero-order chi connectivity index (χ0) is 20.9. The quantitative estimate of drug-likeness (QED) is 0.580. The maximum absolute atomic E-state index is 12.3. The monoisotopic (exact) mass is 408 g/mol. The molecule has 0 bridgehead atoms. The molecule has 0 radical (unpaired) electrons. The molecule has 2 N–H and O–H groups in total. The summed E-state index contributed by atoms with van der Waals surface area (Å²) in [6.45, 7) is 4.01. The summed E-state index contributed by atoms with van der Waals surface area (Å²) >= 11 is 0. The molecule has 0 aliphatic heterocycles. The van der Waals surface area contributed by atoms with Crippen molar-refractivity contribution < 1.29 is 13.2 Å². The smallest absolute Gasteiger partial charge is 0.244 e. The van der Waals surface area contributed by atoms with Crippen molar-refractivity contribution in [1.29, 1.82) is 0 Å². The first-order chi connectivity index (χ1) is 13.9. The molecule has 3 aromatic rings. The minimum atomic E-state index is -3.48. The van der Waals surface area contributed by atoms with Crippen LogP contribution in [-0.2, 0) is 14.8 Å². The Morgan fingerprint density at radius 1 is 1.00 bits per heavy atom. The Labute approximate surface area is 171 Å². The lowest BCUT2D eigenvalue weighted by Gasteiger charge is -2.15. The van der Waals surface area contributed by atoms with Crippen molar-refractivity contribution in [2.75, 3.05) is 6.54 Å². The van der Waals surface area contributed by atoms with Crippen LogP contribution >= 0.6 is 0 Å². The van der Waals surface area contributed by atoms with Crippen molar-refractivity contribution in [1.82, 2.24) is 10.0 Å². The van der Waals surface area contributed by atoms with Crippen LogP contribution in [0.4, 0.5) is 0 Å². The first-order valence-corrected chi connectivity index (χ1v) is 10.9. The molecule has 0 aliphatic carbocycles. The third-order valence-corrected chi connectivity index (χ3v) is 6.16. The van der Waals surface area contributed by atoms with E-state index in [0.717, 1.165) is 21.9 Å². The maximum Gasteiger partial charge on any atom is 0.244 e. The van der Waals surface area contributed by atoms with Crippen LogP contribution in [0, 0.1) is 0 Å². The third kappa shape index (κ3) is 5.10. The normalized spacial score (nSPS) is 12.9. The summed E-state index contributed by atoms with van der Waals surface area (Å²) in [5, 5.41) is 5.23. The van der Waals surface area contributed by atoms with Gasteiger partial charge in [-0.25, -0.2) is 13.1 Å². The van der Waals surface area contributed by atoms with Gasteiger partial charge in [-0.3, -0.25) is 4.79 Å². The van der Waals surface area contributed by atoms with Crippen LogP contribution in [0.3, 0.4) is 0 Å². The predicted octanol–water partition coefficient (Wildman–Crippen LogP) is 4.03. The summed E-state index contributed by atoms with van der Waals surface area (Å²) in [4.78, 5) is 12.5. The minimum absolute atomic E-state index is 0.147. The van der Waals surface area contributed by atoms with Crippen LogP contribution in [0.25, 0.3) is 16.8 Å². The van der Waals surface area contributed by atoms with Crippen LogP contribution in [0.5, 0.6) is 0 Å². The standard InChI is InChI=1S/C23H24N2O3S/c1-3-24-29(27,28)20-14-11-18(12-15-20)13-16-23(26)25-17(2)21-10-6-8-19-7-4-5-9-22(19)21/h4-17,24H,3H2,1-2H3,(H,25,26)/b16-13+. The highest BCUT2D eigenvalue weighted by Gasteiger charge is 2.12. The molecular formula is C23H24N2O3S. The van der Waals surface area contributed by atoms with Crippen LogP contribution in [-0.4, -0.2) is 20.9 Å². The molecule has 1 atom stereocenters. The number of amides is 1. The van der Waals surface area contributed by atoms with Gasteiger partial charge in [-0.1, -0.05) is 61.5 Å². The van der Waals surface area contributed by atoms with Gasteiger partial charge in [-0.15, -0.1) is 0 Å². The molecule has 6 heteroatoms. The van der Waals surface area contributed by atoms with Gasteiger partial charge in [0.25, 0.3) is 0 Å².